The van der Waals surface area contributed by atoms with E-state index in [1.165, 1.54) is 24.3 Å². The molecule has 0 aliphatic carbocycles. The molecule has 0 unspecified atom stereocenters. The molecule has 1 aromatic carbocycles. The molecule has 2 aromatic heterocycles. The Balaban J connectivity index is 2.07. The predicted octanol–water partition coefficient (Wildman–Crippen LogP) is 4.17. The van der Waals surface area contributed by atoms with Crippen LogP contribution in [0.15, 0.2) is 52.8 Å². The molecule has 1 N–H and O–H groups in total. The number of rotatable bonds is 4. The van der Waals surface area contributed by atoms with Crippen LogP contribution in [0.2, 0.25) is 5.02 Å². The van der Waals surface area contributed by atoms with E-state index in [4.69, 9.17) is 16.7 Å². The number of hydrogen-bond acceptors (Lipinski definition) is 4. The van der Waals surface area contributed by atoms with Gasteiger partial charge >= 0.3 is 5.97 Å². The van der Waals surface area contributed by atoms with Crippen molar-refractivity contribution in [2.24, 2.45) is 10.2 Å². The van der Waals surface area contributed by atoms with Gasteiger partial charge in [0.25, 0.3) is 0 Å². The number of fused-ring (bicyclic) bond motifs is 1. The van der Waals surface area contributed by atoms with Gasteiger partial charge in [0.05, 0.1) is 22.8 Å². The fraction of sp³-hybridized carbons (Fsp3) is 0.0667. The van der Waals surface area contributed by atoms with Gasteiger partial charge in [-0.25, -0.2) is 9.37 Å². The van der Waals surface area contributed by atoms with E-state index in [2.05, 4.69) is 15.2 Å². The first kappa shape index (κ1) is 15.1. The van der Waals surface area contributed by atoms with Crippen molar-refractivity contribution in [3.63, 3.8) is 0 Å². The molecule has 3 aromatic rings. The molecule has 0 fully saturated rings. The highest BCUT2D eigenvalue weighted by atomic mass is 35.5. The third kappa shape index (κ3) is 3.35. The molecule has 0 radical (unpaired) electrons. The quantitative estimate of drug-likeness (QED) is 0.728. The molecule has 0 aliphatic heterocycles. The molecule has 0 saturated heterocycles. The summed E-state index contributed by atoms with van der Waals surface area (Å²) in [7, 11) is 0. The number of hydrogen-bond donors (Lipinski definition) is 1. The Morgan fingerprint density at radius 2 is 1.96 bits per heavy atom. The van der Waals surface area contributed by atoms with Crippen LogP contribution in [0.25, 0.3) is 5.65 Å². The normalized spacial score (nSPS) is 11.4. The molecule has 0 saturated carbocycles. The van der Waals surface area contributed by atoms with Crippen molar-refractivity contribution >= 4 is 34.7 Å². The molecule has 3 rings (SSSR count). The van der Waals surface area contributed by atoms with E-state index in [-0.39, 0.29) is 23.7 Å². The summed E-state index contributed by atoms with van der Waals surface area (Å²) in [6, 6.07) is 8.76. The van der Waals surface area contributed by atoms with Crippen LogP contribution < -0.4 is 0 Å². The number of carbonyl (C=O) groups is 1. The Labute approximate surface area is 134 Å². The van der Waals surface area contributed by atoms with Gasteiger partial charge in [-0.05, 0) is 36.4 Å². The van der Waals surface area contributed by atoms with Crippen LogP contribution in [0, 0.1) is 5.82 Å². The molecule has 6 nitrogen and oxygen atoms in total. The molecule has 0 spiro atoms. The molecule has 0 atom stereocenters. The van der Waals surface area contributed by atoms with E-state index in [9.17, 15) is 9.18 Å². The first-order chi connectivity index (χ1) is 11.0. The highest BCUT2D eigenvalue weighted by Crippen LogP contribution is 2.26. The summed E-state index contributed by atoms with van der Waals surface area (Å²) in [4.78, 5) is 15.2. The summed E-state index contributed by atoms with van der Waals surface area (Å²) in [5, 5.41) is 17.5. The maximum absolute atomic E-state index is 12.9. The number of carboxylic acid groups (broad SMARTS) is 1. The van der Waals surface area contributed by atoms with Gasteiger partial charge in [-0.1, -0.05) is 11.6 Å². The largest absolute Gasteiger partial charge is 0.481 e. The summed E-state index contributed by atoms with van der Waals surface area (Å²) in [5.74, 6) is -1.14. The van der Waals surface area contributed by atoms with Gasteiger partial charge in [0, 0.05) is 6.20 Å². The number of imidazole rings is 1. The predicted molar refractivity (Wildman–Crippen MR) is 82.1 cm³/mol. The second kappa shape index (κ2) is 6.13. The minimum absolute atomic E-state index is 0.269. The van der Waals surface area contributed by atoms with E-state index < -0.39 is 5.97 Å². The van der Waals surface area contributed by atoms with Gasteiger partial charge in [-0.15, -0.1) is 10.2 Å². The fourth-order valence-corrected chi connectivity index (χ4v) is 2.20. The minimum atomic E-state index is -1.03. The maximum Gasteiger partial charge on any atom is 0.309 e. The molecule has 2 heterocycles. The summed E-state index contributed by atoms with van der Waals surface area (Å²) in [6.45, 7) is 0. The highest BCUT2D eigenvalue weighted by molar-refractivity contribution is 6.30. The molecule has 8 heteroatoms. The van der Waals surface area contributed by atoms with Gasteiger partial charge < -0.3 is 5.11 Å². The lowest BCUT2D eigenvalue weighted by Gasteiger charge is -1.98. The summed E-state index contributed by atoms with van der Waals surface area (Å²) in [6.07, 6.45) is 1.28. The van der Waals surface area contributed by atoms with Crippen molar-refractivity contribution in [3.8, 4) is 0 Å². The van der Waals surface area contributed by atoms with Crippen LogP contribution in [0.3, 0.4) is 0 Å². The van der Waals surface area contributed by atoms with Crippen LogP contribution in [0.5, 0.6) is 0 Å². The van der Waals surface area contributed by atoms with E-state index in [0.717, 1.165) is 0 Å². The van der Waals surface area contributed by atoms with E-state index in [1.807, 2.05) is 0 Å². The van der Waals surface area contributed by atoms with Crippen molar-refractivity contribution in [2.75, 3.05) is 0 Å². The average Bonchev–Trinajstić information content (AvgIpc) is 2.82. The topological polar surface area (TPSA) is 79.3 Å². The van der Waals surface area contributed by atoms with Gasteiger partial charge in [-0.3, -0.25) is 9.20 Å². The number of azo groups is 1. The SMILES string of the molecule is O=C(O)Cc1nc2ccc(Cl)cn2c1N=Nc1ccc(F)cc1. The molecular formula is C15H10ClFN4O2. The van der Waals surface area contributed by atoms with Crippen LogP contribution in [0.4, 0.5) is 15.9 Å². The van der Waals surface area contributed by atoms with Crippen molar-refractivity contribution in [1.29, 1.82) is 0 Å². The highest BCUT2D eigenvalue weighted by Gasteiger charge is 2.15. The minimum Gasteiger partial charge on any atom is -0.481 e. The lowest BCUT2D eigenvalue weighted by Crippen LogP contribution is -2.00. The second-order valence-corrected chi connectivity index (χ2v) is 5.14. The number of carboxylic acids is 1. The van der Waals surface area contributed by atoms with Crippen LogP contribution in [-0.2, 0) is 11.2 Å². The monoisotopic (exact) mass is 332 g/mol. The third-order valence-corrected chi connectivity index (χ3v) is 3.26. The standard InChI is InChI=1S/C15H10ClFN4O2/c16-9-1-6-13-18-12(7-14(22)23)15(21(13)8-9)20-19-11-4-2-10(17)3-5-11/h1-6,8H,7H2,(H,22,23). The lowest BCUT2D eigenvalue weighted by molar-refractivity contribution is -0.136. The van der Waals surface area contributed by atoms with Gasteiger partial charge in [0.2, 0.25) is 0 Å². The number of nitrogens with zero attached hydrogens (tertiary/aromatic N) is 4. The number of aromatic nitrogens is 2. The van der Waals surface area contributed by atoms with Crippen LogP contribution >= 0.6 is 11.6 Å². The van der Waals surface area contributed by atoms with Crippen LogP contribution in [0.1, 0.15) is 5.69 Å². The fourth-order valence-electron chi connectivity index (χ4n) is 2.04. The number of benzene rings is 1. The van der Waals surface area contributed by atoms with E-state index >= 15 is 0 Å². The zero-order chi connectivity index (χ0) is 16.4. The second-order valence-electron chi connectivity index (χ2n) is 4.70. The Morgan fingerprint density at radius 3 is 2.65 bits per heavy atom. The van der Waals surface area contributed by atoms with Crippen molar-refractivity contribution in [3.05, 3.63) is 59.1 Å². The van der Waals surface area contributed by atoms with Gasteiger partial charge in [0.15, 0.2) is 5.82 Å². The number of pyridine rings is 1. The smallest absolute Gasteiger partial charge is 0.309 e. The molecule has 0 amide bonds. The zero-order valence-electron chi connectivity index (χ0n) is 11.6. The summed E-state index contributed by atoms with van der Waals surface area (Å²) < 4.78 is 14.5. The first-order valence-electron chi connectivity index (χ1n) is 6.58. The Hall–Kier alpha value is -2.80. The number of halogens is 2. The average molecular weight is 333 g/mol. The van der Waals surface area contributed by atoms with Crippen LogP contribution in [-0.4, -0.2) is 20.5 Å². The van der Waals surface area contributed by atoms with E-state index in [1.54, 1.807) is 22.7 Å². The van der Waals surface area contributed by atoms with Crippen molar-refractivity contribution in [1.82, 2.24) is 9.38 Å². The van der Waals surface area contributed by atoms with Crippen molar-refractivity contribution < 1.29 is 14.3 Å². The molecule has 23 heavy (non-hydrogen) atoms. The molecule has 0 aliphatic rings. The number of aliphatic carboxylic acids is 1. The maximum atomic E-state index is 12.9. The summed E-state index contributed by atoms with van der Waals surface area (Å²) >= 11 is 5.96. The van der Waals surface area contributed by atoms with Crippen molar-refractivity contribution in [2.45, 2.75) is 6.42 Å². The zero-order valence-corrected chi connectivity index (χ0v) is 12.4. The lowest BCUT2D eigenvalue weighted by atomic mass is 10.3. The Bertz CT molecular complexity index is 906. The molecule has 116 valence electrons. The third-order valence-electron chi connectivity index (χ3n) is 3.03. The van der Waals surface area contributed by atoms with E-state index in [0.29, 0.717) is 16.4 Å². The first-order valence-corrected chi connectivity index (χ1v) is 6.96. The Morgan fingerprint density at radius 1 is 1.22 bits per heavy atom. The Kier molecular flexibility index (Phi) is 4.03. The molecule has 0 bridgehead atoms. The summed E-state index contributed by atoms with van der Waals surface area (Å²) in [5.41, 5.74) is 1.22. The van der Waals surface area contributed by atoms with Gasteiger partial charge in [0.1, 0.15) is 11.5 Å². The van der Waals surface area contributed by atoms with Gasteiger partial charge in [-0.2, -0.15) is 0 Å². The molecular weight excluding hydrogens is 323 g/mol.